The van der Waals surface area contributed by atoms with Crippen molar-refractivity contribution in [3.63, 3.8) is 0 Å². The summed E-state index contributed by atoms with van der Waals surface area (Å²) in [5.74, 6) is 0.885. The number of carbonyl (C=O) groups is 1. The lowest BCUT2D eigenvalue weighted by Crippen LogP contribution is -2.36. The summed E-state index contributed by atoms with van der Waals surface area (Å²) < 4.78 is 5.15. The second-order valence-electron chi connectivity index (χ2n) is 5.36. The Kier molecular flexibility index (Phi) is 3.92. The van der Waals surface area contributed by atoms with Crippen LogP contribution < -0.4 is 9.75 Å². The summed E-state index contributed by atoms with van der Waals surface area (Å²) in [5.41, 5.74) is 2.75. The lowest BCUT2D eigenvalue weighted by Gasteiger charge is -2.27. The molecular weight excluding hydrogens is 276 g/mol. The molecule has 0 saturated heterocycles. The lowest BCUT2D eigenvalue weighted by molar-refractivity contribution is -0.119. The van der Waals surface area contributed by atoms with Crippen molar-refractivity contribution in [2.45, 2.75) is 13.3 Å². The van der Waals surface area contributed by atoms with Gasteiger partial charge in [-0.25, -0.2) is 5.01 Å². The molecule has 3 rings (SSSR count). The molecule has 0 N–H and O–H groups in total. The van der Waals surface area contributed by atoms with Gasteiger partial charge in [-0.15, -0.1) is 0 Å². The van der Waals surface area contributed by atoms with E-state index in [1.54, 1.807) is 7.11 Å². The maximum Gasteiger partial charge on any atom is 0.248 e. The summed E-state index contributed by atoms with van der Waals surface area (Å²) >= 11 is 0. The van der Waals surface area contributed by atoms with Gasteiger partial charge in [0.1, 0.15) is 5.75 Å². The van der Waals surface area contributed by atoms with Crippen molar-refractivity contribution in [3.8, 4) is 5.75 Å². The molecule has 1 heterocycles. The van der Waals surface area contributed by atoms with Crippen molar-refractivity contribution in [1.82, 2.24) is 0 Å². The minimum absolute atomic E-state index is 0.0114. The summed E-state index contributed by atoms with van der Waals surface area (Å²) in [4.78, 5) is 12.3. The summed E-state index contributed by atoms with van der Waals surface area (Å²) in [6, 6.07) is 17.4. The number of hydrogen-bond acceptors (Lipinski definition) is 3. The molecule has 112 valence electrons. The van der Waals surface area contributed by atoms with Crippen LogP contribution in [0.3, 0.4) is 0 Å². The van der Waals surface area contributed by atoms with Crippen molar-refractivity contribution in [3.05, 3.63) is 60.2 Å². The van der Waals surface area contributed by atoms with Crippen LogP contribution in [0.1, 0.15) is 18.9 Å². The van der Waals surface area contributed by atoms with E-state index < -0.39 is 0 Å². The lowest BCUT2D eigenvalue weighted by atomic mass is 9.94. The number of rotatable bonds is 3. The van der Waals surface area contributed by atoms with Crippen molar-refractivity contribution in [2.24, 2.45) is 11.0 Å². The summed E-state index contributed by atoms with van der Waals surface area (Å²) in [5, 5.41) is 6.09. The number of carbonyl (C=O) groups excluding carboxylic acids is 1. The standard InChI is InChI=1S/C18H18N2O2/c1-13-12-17(21)20(15-8-10-16(22-2)11-9-15)19-18(13)14-6-4-3-5-7-14/h3-11,13H,12H2,1-2H3. The number of benzene rings is 2. The van der Waals surface area contributed by atoms with E-state index in [0.29, 0.717) is 6.42 Å². The predicted octanol–water partition coefficient (Wildman–Crippen LogP) is 3.47. The van der Waals surface area contributed by atoms with Gasteiger partial charge in [-0.1, -0.05) is 37.3 Å². The molecule has 0 bridgehead atoms. The van der Waals surface area contributed by atoms with Gasteiger partial charge in [-0.2, -0.15) is 5.10 Å². The Morgan fingerprint density at radius 1 is 1.09 bits per heavy atom. The van der Waals surface area contributed by atoms with Gasteiger partial charge in [0, 0.05) is 12.3 Å². The number of nitrogens with zero attached hydrogens (tertiary/aromatic N) is 2. The first-order valence-electron chi connectivity index (χ1n) is 7.30. The third-order valence-corrected chi connectivity index (χ3v) is 3.78. The maximum atomic E-state index is 12.3. The van der Waals surface area contributed by atoms with Crippen molar-refractivity contribution >= 4 is 17.3 Å². The minimum atomic E-state index is 0.0114. The first kappa shape index (κ1) is 14.3. The normalized spacial score (nSPS) is 18.1. The Labute approximate surface area is 130 Å². The highest BCUT2D eigenvalue weighted by atomic mass is 16.5. The molecule has 1 unspecified atom stereocenters. The Balaban J connectivity index is 1.98. The van der Waals surface area contributed by atoms with E-state index in [1.165, 1.54) is 5.01 Å². The largest absolute Gasteiger partial charge is 0.497 e. The molecule has 1 amide bonds. The Hall–Kier alpha value is -2.62. The van der Waals surface area contributed by atoms with Crippen LogP contribution in [0.25, 0.3) is 0 Å². The highest BCUT2D eigenvalue weighted by Gasteiger charge is 2.28. The highest BCUT2D eigenvalue weighted by molar-refractivity contribution is 6.10. The van der Waals surface area contributed by atoms with E-state index >= 15 is 0 Å². The van der Waals surface area contributed by atoms with E-state index in [-0.39, 0.29) is 11.8 Å². The molecule has 22 heavy (non-hydrogen) atoms. The van der Waals surface area contributed by atoms with Gasteiger partial charge in [0.15, 0.2) is 0 Å². The Morgan fingerprint density at radius 2 is 1.77 bits per heavy atom. The predicted molar refractivity (Wildman–Crippen MR) is 87.2 cm³/mol. The van der Waals surface area contributed by atoms with Gasteiger partial charge in [0.2, 0.25) is 5.91 Å². The fourth-order valence-electron chi connectivity index (χ4n) is 2.58. The molecule has 1 atom stereocenters. The number of methoxy groups -OCH3 is 1. The highest BCUT2D eigenvalue weighted by Crippen LogP contribution is 2.26. The number of hydrazone groups is 1. The van der Waals surface area contributed by atoms with Gasteiger partial charge in [0.25, 0.3) is 0 Å². The second-order valence-corrected chi connectivity index (χ2v) is 5.36. The van der Waals surface area contributed by atoms with Crippen LogP contribution in [0.2, 0.25) is 0 Å². The fraction of sp³-hybridized carbons (Fsp3) is 0.222. The van der Waals surface area contributed by atoms with Crippen LogP contribution in [0, 0.1) is 5.92 Å². The fourth-order valence-corrected chi connectivity index (χ4v) is 2.58. The second kappa shape index (κ2) is 6.02. The van der Waals surface area contributed by atoms with Gasteiger partial charge < -0.3 is 4.74 Å². The molecule has 0 aliphatic carbocycles. The average molecular weight is 294 g/mol. The monoisotopic (exact) mass is 294 g/mol. The van der Waals surface area contributed by atoms with Crippen LogP contribution in [0.5, 0.6) is 5.75 Å². The number of ether oxygens (including phenoxy) is 1. The molecule has 2 aromatic carbocycles. The SMILES string of the molecule is COc1ccc(N2N=C(c3ccccc3)C(C)CC2=O)cc1. The number of amides is 1. The maximum absolute atomic E-state index is 12.3. The molecule has 0 spiro atoms. The van der Waals surface area contributed by atoms with E-state index in [9.17, 15) is 4.79 Å². The zero-order chi connectivity index (χ0) is 15.5. The first-order chi connectivity index (χ1) is 10.7. The third kappa shape index (κ3) is 2.72. The molecule has 0 aromatic heterocycles. The van der Waals surface area contributed by atoms with E-state index in [2.05, 4.69) is 5.10 Å². The van der Waals surface area contributed by atoms with Crippen molar-refractivity contribution in [2.75, 3.05) is 12.1 Å². The first-order valence-corrected chi connectivity index (χ1v) is 7.30. The zero-order valence-electron chi connectivity index (χ0n) is 12.7. The smallest absolute Gasteiger partial charge is 0.248 e. The molecule has 1 aliphatic heterocycles. The van der Waals surface area contributed by atoms with Gasteiger partial charge in [-0.05, 0) is 29.8 Å². The molecule has 0 radical (unpaired) electrons. The van der Waals surface area contributed by atoms with Crippen LogP contribution in [0.15, 0.2) is 59.7 Å². The van der Waals surface area contributed by atoms with Crippen molar-refractivity contribution < 1.29 is 9.53 Å². The van der Waals surface area contributed by atoms with E-state index in [4.69, 9.17) is 4.74 Å². The molecule has 0 fully saturated rings. The summed E-state index contributed by atoms with van der Waals surface area (Å²) in [7, 11) is 1.62. The molecule has 0 saturated carbocycles. The van der Waals surface area contributed by atoms with Crippen LogP contribution >= 0.6 is 0 Å². The molecule has 4 heteroatoms. The van der Waals surface area contributed by atoms with Crippen LogP contribution in [0.4, 0.5) is 5.69 Å². The van der Waals surface area contributed by atoms with Gasteiger partial charge >= 0.3 is 0 Å². The van der Waals surface area contributed by atoms with Crippen molar-refractivity contribution in [1.29, 1.82) is 0 Å². The Bertz CT molecular complexity index is 693. The van der Waals surface area contributed by atoms with Crippen LogP contribution in [-0.4, -0.2) is 18.7 Å². The average Bonchev–Trinajstić information content (AvgIpc) is 2.56. The molecular formula is C18H18N2O2. The molecule has 4 nitrogen and oxygen atoms in total. The van der Waals surface area contributed by atoms with E-state index in [1.807, 2.05) is 61.5 Å². The van der Waals surface area contributed by atoms with Gasteiger partial charge in [0.05, 0.1) is 18.5 Å². The number of anilines is 1. The quantitative estimate of drug-likeness (QED) is 0.869. The zero-order valence-corrected chi connectivity index (χ0v) is 12.7. The molecule has 1 aliphatic rings. The molecule has 2 aromatic rings. The Morgan fingerprint density at radius 3 is 2.41 bits per heavy atom. The third-order valence-electron chi connectivity index (χ3n) is 3.78. The van der Waals surface area contributed by atoms with Crippen LogP contribution in [-0.2, 0) is 4.79 Å². The minimum Gasteiger partial charge on any atom is -0.497 e. The summed E-state index contributed by atoms with van der Waals surface area (Å²) in [6.07, 6.45) is 0.458. The van der Waals surface area contributed by atoms with E-state index in [0.717, 1.165) is 22.7 Å². The van der Waals surface area contributed by atoms with Gasteiger partial charge in [-0.3, -0.25) is 4.79 Å². The summed E-state index contributed by atoms with van der Waals surface area (Å²) in [6.45, 7) is 2.04. The number of hydrogen-bond donors (Lipinski definition) is 0. The topological polar surface area (TPSA) is 41.9 Å².